The van der Waals surface area contributed by atoms with Crippen LogP contribution in [0, 0.1) is 0 Å². The Hall–Kier alpha value is -4.02. The van der Waals surface area contributed by atoms with E-state index in [1.54, 1.807) is 6.20 Å². The molecule has 3 heterocycles. The van der Waals surface area contributed by atoms with Gasteiger partial charge < -0.3 is 4.90 Å². The molecule has 2 aromatic heterocycles. The van der Waals surface area contributed by atoms with Gasteiger partial charge in [-0.25, -0.2) is 9.97 Å². The van der Waals surface area contributed by atoms with Gasteiger partial charge in [-0.3, -0.25) is 4.79 Å². The molecule has 1 amide bonds. The number of benzene rings is 3. The first kappa shape index (κ1) is 21.5. The van der Waals surface area contributed by atoms with Crippen molar-refractivity contribution < 1.29 is 4.79 Å². The molecule has 6 rings (SSSR count). The third-order valence-electron chi connectivity index (χ3n) is 6.59. The molecular formula is C30H22ClN3O. The monoisotopic (exact) mass is 475 g/mol. The van der Waals surface area contributed by atoms with Crippen LogP contribution in [0.4, 0.5) is 0 Å². The lowest BCUT2D eigenvalue weighted by atomic mass is 9.87. The predicted octanol–water partition coefficient (Wildman–Crippen LogP) is 6.74. The van der Waals surface area contributed by atoms with Gasteiger partial charge in [0, 0.05) is 28.7 Å². The molecule has 3 aromatic carbocycles. The Bertz CT molecular complexity index is 1550. The number of aromatic nitrogens is 2. The van der Waals surface area contributed by atoms with E-state index in [2.05, 4.69) is 23.2 Å². The van der Waals surface area contributed by atoms with E-state index >= 15 is 0 Å². The minimum Gasteiger partial charge on any atom is -0.327 e. The standard InChI is InChI=1S/C30H22ClN3O/c31-23-12-6-11-22(18-23)28-24-13-5-4-8-20(24)15-17-34(28)30(35)26-19-27(21-9-2-1-3-10-21)33-29-25(26)14-7-16-32-29/h1-14,16,18-19,28H,15,17H2. The van der Waals surface area contributed by atoms with Crippen LogP contribution < -0.4 is 0 Å². The molecule has 0 radical (unpaired) electrons. The van der Waals surface area contributed by atoms with Crippen molar-refractivity contribution in [2.75, 3.05) is 6.54 Å². The minimum atomic E-state index is -0.230. The molecule has 0 bridgehead atoms. The summed E-state index contributed by atoms with van der Waals surface area (Å²) in [5.41, 5.74) is 6.24. The zero-order valence-corrected chi connectivity index (χ0v) is 19.7. The highest BCUT2D eigenvalue weighted by atomic mass is 35.5. The summed E-state index contributed by atoms with van der Waals surface area (Å²) in [5.74, 6) is -0.0398. The van der Waals surface area contributed by atoms with Crippen molar-refractivity contribution in [3.63, 3.8) is 0 Å². The average Bonchev–Trinajstić information content (AvgIpc) is 2.92. The number of pyridine rings is 2. The van der Waals surface area contributed by atoms with Crippen LogP contribution in [0.5, 0.6) is 0 Å². The fourth-order valence-electron chi connectivity index (χ4n) is 4.97. The van der Waals surface area contributed by atoms with Crippen LogP contribution in [0.1, 0.15) is 33.1 Å². The van der Waals surface area contributed by atoms with Crippen LogP contribution in [-0.2, 0) is 6.42 Å². The van der Waals surface area contributed by atoms with E-state index in [1.807, 2.05) is 83.8 Å². The summed E-state index contributed by atoms with van der Waals surface area (Å²) in [6.07, 6.45) is 2.51. The Morgan fingerprint density at radius 2 is 1.71 bits per heavy atom. The second-order valence-electron chi connectivity index (χ2n) is 8.70. The van der Waals surface area contributed by atoms with Gasteiger partial charge in [-0.05, 0) is 53.4 Å². The third kappa shape index (κ3) is 3.96. The number of rotatable bonds is 3. The van der Waals surface area contributed by atoms with Gasteiger partial charge in [-0.2, -0.15) is 0 Å². The molecule has 0 spiro atoms. The number of carbonyl (C=O) groups is 1. The van der Waals surface area contributed by atoms with E-state index in [0.717, 1.165) is 34.2 Å². The van der Waals surface area contributed by atoms with Crippen LogP contribution in [0.15, 0.2) is 103 Å². The Balaban J connectivity index is 1.52. The van der Waals surface area contributed by atoms with Gasteiger partial charge >= 0.3 is 0 Å². The van der Waals surface area contributed by atoms with Gasteiger partial charge in [0.1, 0.15) is 0 Å². The summed E-state index contributed by atoms with van der Waals surface area (Å²) in [5, 5.41) is 1.41. The van der Waals surface area contributed by atoms with Gasteiger partial charge in [0.15, 0.2) is 5.65 Å². The average molecular weight is 476 g/mol. The Morgan fingerprint density at radius 1 is 0.886 bits per heavy atom. The smallest absolute Gasteiger partial charge is 0.255 e. The molecule has 1 aliphatic rings. The number of hydrogen-bond donors (Lipinski definition) is 0. The lowest BCUT2D eigenvalue weighted by molar-refractivity contribution is 0.0696. The van der Waals surface area contributed by atoms with Gasteiger partial charge in [-0.1, -0.05) is 78.3 Å². The SMILES string of the molecule is O=C(c1cc(-c2ccccc2)nc2ncccc12)N1CCc2ccccc2C1c1cccc(Cl)c1. The largest absolute Gasteiger partial charge is 0.327 e. The maximum Gasteiger partial charge on any atom is 0.255 e. The number of fused-ring (bicyclic) bond motifs is 2. The van der Waals surface area contributed by atoms with Gasteiger partial charge in [0.05, 0.1) is 17.3 Å². The van der Waals surface area contributed by atoms with E-state index in [-0.39, 0.29) is 11.9 Å². The molecular weight excluding hydrogens is 454 g/mol. The van der Waals surface area contributed by atoms with Crippen molar-refractivity contribution in [3.05, 3.63) is 131 Å². The van der Waals surface area contributed by atoms with Crippen LogP contribution in [0.2, 0.25) is 5.02 Å². The normalized spacial score (nSPS) is 15.1. The van der Waals surface area contributed by atoms with Crippen LogP contribution in [0.3, 0.4) is 0 Å². The zero-order chi connectivity index (χ0) is 23.8. The number of amides is 1. The van der Waals surface area contributed by atoms with Crippen molar-refractivity contribution in [1.82, 2.24) is 14.9 Å². The molecule has 1 unspecified atom stereocenters. The first-order valence-corrected chi connectivity index (χ1v) is 12.0. The van der Waals surface area contributed by atoms with Crippen molar-refractivity contribution in [2.45, 2.75) is 12.5 Å². The van der Waals surface area contributed by atoms with Crippen molar-refractivity contribution in [1.29, 1.82) is 0 Å². The molecule has 0 saturated heterocycles. The summed E-state index contributed by atoms with van der Waals surface area (Å²) < 4.78 is 0. The van der Waals surface area contributed by atoms with E-state index in [1.165, 1.54) is 5.56 Å². The first-order chi connectivity index (χ1) is 17.2. The highest BCUT2D eigenvalue weighted by Gasteiger charge is 2.33. The highest BCUT2D eigenvalue weighted by Crippen LogP contribution is 2.38. The Morgan fingerprint density at radius 3 is 2.57 bits per heavy atom. The number of hydrogen-bond acceptors (Lipinski definition) is 3. The van der Waals surface area contributed by atoms with Crippen LogP contribution in [-0.4, -0.2) is 27.3 Å². The molecule has 4 nitrogen and oxygen atoms in total. The third-order valence-corrected chi connectivity index (χ3v) is 6.83. The second-order valence-corrected chi connectivity index (χ2v) is 9.14. The van der Waals surface area contributed by atoms with Crippen molar-refractivity contribution in [3.8, 4) is 11.3 Å². The molecule has 5 aromatic rings. The lowest BCUT2D eigenvalue weighted by Gasteiger charge is -2.38. The molecule has 0 aliphatic carbocycles. The van der Waals surface area contributed by atoms with Crippen LogP contribution >= 0.6 is 11.6 Å². The molecule has 0 N–H and O–H groups in total. The fourth-order valence-corrected chi connectivity index (χ4v) is 5.17. The van der Waals surface area contributed by atoms with E-state index in [0.29, 0.717) is 22.8 Å². The lowest BCUT2D eigenvalue weighted by Crippen LogP contribution is -2.40. The van der Waals surface area contributed by atoms with E-state index in [4.69, 9.17) is 16.6 Å². The topological polar surface area (TPSA) is 46.1 Å². The Labute approximate surface area is 208 Å². The summed E-state index contributed by atoms with van der Waals surface area (Å²) in [4.78, 5) is 25.5. The van der Waals surface area contributed by atoms with E-state index < -0.39 is 0 Å². The van der Waals surface area contributed by atoms with E-state index in [9.17, 15) is 4.79 Å². The van der Waals surface area contributed by atoms with Crippen molar-refractivity contribution in [2.24, 2.45) is 0 Å². The molecule has 1 atom stereocenters. The van der Waals surface area contributed by atoms with Crippen molar-refractivity contribution >= 4 is 28.5 Å². The maximum absolute atomic E-state index is 14.3. The van der Waals surface area contributed by atoms with Gasteiger partial charge in [-0.15, -0.1) is 0 Å². The second kappa shape index (κ2) is 8.97. The molecule has 1 aliphatic heterocycles. The molecule has 0 saturated carbocycles. The first-order valence-electron chi connectivity index (χ1n) is 11.6. The fraction of sp³-hybridized carbons (Fsp3) is 0.100. The molecule has 0 fully saturated rings. The molecule has 5 heteroatoms. The zero-order valence-electron chi connectivity index (χ0n) is 18.9. The van der Waals surface area contributed by atoms with Crippen LogP contribution in [0.25, 0.3) is 22.3 Å². The minimum absolute atomic E-state index is 0.0398. The summed E-state index contributed by atoms with van der Waals surface area (Å²) >= 11 is 6.38. The molecule has 170 valence electrons. The summed E-state index contributed by atoms with van der Waals surface area (Å²) in [6, 6.07) is 31.5. The number of nitrogens with zero attached hydrogens (tertiary/aromatic N) is 3. The quantitative estimate of drug-likeness (QED) is 0.290. The Kier molecular flexibility index (Phi) is 5.51. The molecule has 35 heavy (non-hydrogen) atoms. The summed E-state index contributed by atoms with van der Waals surface area (Å²) in [6.45, 7) is 0.609. The maximum atomic E-state index is 14.3. The van der Waals surface area contributed by atoms with Gasteiger partial charge in [0.2, 0.25) is 0 Å². The summed E-state index contributed by atoms with van der Waals surface area (Å²) in [7, 11) is 0. The number of carbonyl (C=O) groups excluding carboxylic acids is 1. The van der Waals surface area contributed by atoms with Gasteiger partial charge in [0.25, 0.3) is 5.91 Å². The highest BCUT2D eigenvalue weighted by molar-refractivity contribution is 6.30. The predicted molar refractivity (Wildman–Crippen MR) is 139 cm³/mol. The number of halogens is 1.